The topological polar surface area (TPSA) is 61.2 Å². The molecule has 0 bridgehead atoms. The Hall–Kier alpha value is -2.15. The lowest BCUT2D eigenvalue weighted by atomic mass is 9.93. The smallest absolute Gasteiger partial charge is 0.247 e. The van der Waals surface area contributed by atoms with Crippen molar-refractivity contribution in [2.24, 2.45) is 5.92 Å². The van der Waals surface area contributed by atoms with Crippen molar-refractivity contribution in [3.05, 3.63) is 34.9 Å². The average Bonchev–Trinajstić information content (AvgIpc) is 2.93. The number of ketones is 1. The van der Waals surface area contributed by atoms with Gasteiger partial charge >= 0.3 is 0 Å². The van der Waals surface area contributed by atoms with Gasteiger partial charge in [0, 0.05) is 18.7 Å². The number of Topliss-reactive ketones (excluding diaryl/α,β-unsaturated/α-hetero) is 1. The maximum atomic E-state index is 12.4. The number of amides is 1. The molecule has 1 aromatic rings. The minimum absolute atomic E-state index is 0.352. The van der Waals surface area contributed by atoms with Gasteiger partial charge in [-0.25, -0.2) is 0 Å². The number of hydrogen-bond donors (Lipinski definition) is 0. The molecule has 1 atom stereocenters. The van der Waals surface area contributed by atoms with Crippen LogP contribution in [0.2, 0.25) is 0 Å². The van der Waals surface area contributed by atoms with E-state index in [1.807, 2.05) is 32.0 Å². The van der Waals surface area contributed by atoms with E-state index in [-0.39, 0.29) is 11.7 Å². The number of hydrogen-bond acceptors (Lipinski definition) is 3. The van der Waals surface area contributed by atoms with E-state index in [0.29, 0.717) is 18.7 Å². The summed E-state index contributed by atoms with van der Waals surface area (Å²) in [6.45, 7) is 5.07. The van der Waals surface area contributed by atoms with Crippen LogP contribution in [0.25, 0.3) is 0 Å². The van der Waals surface area contributed by atoms with E-state index in [4.69, 9.17) is 0 Å². The molecule has 2 rings (SSSR count). The molecule has 0 N–H and O–H groups in total. The van der Waals surface area contributed by atoms with Crippen LogP contribution in [0.5, 0.6) is 0 Å². The first-order valence-corrected chi connectivity index (χ1v) is 6.84. The summed E-state index contributed by atoms with van der Waals surface area (Å²) in [7, 11) is 0. The first kappa shape index (κ1) is 14.3. The first-order chi connectivity index (χ1) is 9.54. The van der Waals surface area contributed by atoms with Crippen LogP contribution in [0.3, 0.4) is 0 Å². The lowest BCUT2D eigenvalue weighted by molar-refractivity contribution is -0.131. The van der Waals surface area contributed by atoms with Crippen molar-refractivity contribution < 1.29 is 9.59 Å². The number of carbonyl (C=O) groups is 2. The van der Waals surface area contributed by atoms with Gasteiger partial charge in [0.2, 0.25) is 5.91 Å². The van der Waals surface area contributed by atoms with Crippen LogP contribution in [-0.2, 0) is 4.79 Å². The number of carbonyl (C=O) groups excluding carboxylic acids is 2. The van der Waals surface area contributed by atoms with Crippen molar-refractivity contribution in [3.8, 4) is 6.07 Å². The zero-order valence-corrected chi connectivity index (χ0v) is 11.8. The van der Waals surface area contributed by atoms with Gasteiger partial charge in [-0.05, 0) is 32.3 Å². The number of rotatable bonds is 3. The highest BCUT2D eigenvalue weighted by Gasteiger charge is 2.33. The molecule has 4 heteroatoms. The summed E-state index contributed by atoms with van der Waals surface area (Å²) in [5.74, 6) is -1.95. The van der Waals surface area contributed by atoms with Crippen LogP contribution >= 0.6 is 0 Å². The van der Waals surface area contributed by atoms with Crippen molar-refractivity contribution in [1.29, 1.82) is 5.26 Å². The summed E-state index contributed by atoms with van der Waals surface area (Å²) in [6.07, 6.45) is 1.89. The molecular weight excluding hydrogens is 252 g/mol. The zero-order chi connectivity index (χ0) is 14.7. The zero-order valence-electron chi connectivity index (χ0n) is 11.8. The number of nitrogens with zero attached hydrogens (tertiary/aromatic N) is 2. The number of nitriles is 1. The molecule has 0 aliphatic carbocycles. The van der Waals surface area contributed by atoms with E-state index in [2.05, 4.69) is 0 Å². The van der Waals surface area contributed by atoms with Crippen LogP contribution in [0, 0.1) is 31.1 Å². The van der Waals surface area contributed by atoms with Gasteiger partial charge in [0.05, 0.1) is 6.07 Å². The second kappa shape index (κ2) is 5.87. The molecule has 1 heterocycles. The Bertz CT molecular complexity index is 581. The maximum absolute atomic E-state index is 12.4. The number of aryl methyl sites for hydroxylation is 2. The minimum Gasteiger partial charge on any atom is -0.341 e. The lowest BCUT2D eigenvalue weighted by Gasteiger charge is -2.18. The molecule has 1 fully saturated rings. The van der Waals surface area contributed by atoms with Gasteiger partial charge in [-0.15, -0.1) is 0 Å². The molecule has 1 amide bonds. The molecule has 104 valence electrons. The third-order valence-corrected chi connectivity index (χ3v) is 3.70. The lowest BCUT2D eigenvalue weighted by Crippen LogP contribution is -2.37. The van der Waals surface area contributed by atoms with Crippen molar-refractivity contribution in [1.82, 2.24) is 4.90 Å². The van der Waals surface area contributed by atoms with Crippen molar-refractivity contribution >= 4 is 11.7 Å². The predicted octanol–water partition coefficient (Wildman–Crippen LogP) is 2.25. The standard InChI is InChI=1S/C16H18N2O2/c1-11-5-6-13(12(2)9-11)15(19)14(10-17)16(20)18-7-3-4-8-18/h5-6,9,14H,3-4,7-8H2,1-2H3/t14-/m1/s1. The Morgan fingerprint density at radius 1 is 1.25 bits per heavy atom. The molecule has 1 aliphatic rings. The van der Waals surface area contributed by atoms with Gasteiger partial charge < -0.3 is 4.90 Å². The van der Waals surface area contributed by atoms with Crippen LogP contribution in [0.15, 0.2) is 18.2 Å². The molecule has 1 aromatic carbocycles. The summed E-state index contributed by atoms with van der Waals surface area (Å²) in [5.41, 5.74) is 2.33. The Morgan fingerprint density at radius 2 is 1.90 bits per heavy atom. The fourth-order valence-corrected chi connectivity index (χ4v) is 2.59. The van der Waals surface area contributed by atoms with Crippen LogP contribution in [0.1, 0.15) is 34.3 Å². The van der Waals surface area contributed by atoms with Crippen molar-refractivity contribution in [2.45, 2.75) is 26.7 Å². The molecule has 0 saturated carbocycles. The van der Waals surface area contributed by atoms with Gasteiger partial charge in [0.1, 0.15) is 0 Å². The van der Waals surface area contributed by atoms with E-state index in [0.717, 1.165) is 24.0 Å². The van der Waals surface area contributed by atoms with Crippen LogP contribution in [0.4, 0.5) is 0 Å². The summed E-state index contributed by atoms with van der Waals surface area (Å²) in [4.78, 5) is 26.3. The highest BCUT2D eigenvalue weighted by molar-refractivity contribution is 6.12. The molecule has 1 aliphatic heterocycles. The first-order valence-electron chi connectivity index (χ1n) is 6.84. The molecule has 20 heavy (non-hydrogen) atoms. The second-order valence-electron chi connectivity index (χ2n) is 5.28. The summed E-state index contributed by atoms with van der Waals surface area (Å²) < 4.78 is 0. The van der Waals surface area contributed by atoms with Crippen LogP contribution in [-0.4, -0.2) is 29.7 Å². The normalized spacial score (nSPS) is 15.8. The summed E-state index contributed by atoms with van der Waals surface area (Å²) in [5, 5.41) is 9.22. The van der Waals surface area contributed by atoms with E-state index in [1.54, 1.807) is 11.0 Å². The fourth-order valence-electron chi connectivity index (χ4n) is 2.59. The predicted molar refractivity (Wildman–Crippen MR) is 75.2 cm³/mol. The quantitative estimate of drug-likeness (QED) is 0.625. The Balaban J connectivity index is 2.25. The molecule has 0 spiro atoms. The molecule has 0 aromatic heterocycles. The number of likely N-dealkylation sites (tertiary alicyclic amines) is 1. The maximum Gasteiger partial charge on any atom is 0.247 e. The monoisotopic (exact) mass is 270 g/mol. The fraction of sp³-hybridized carbons (Fsp3) is 0.438. The summed E-state index contributed by atoms with van der Waals surface area (Å²) in [6, 6.07) is 7.30. The average molecular weight is 270 g/mol. The molecule has 0 radical (unpaired) electrons. The van der Waals surface area contributed by atoms with E-state index < -0.39 is 5.92 Å². The third kappa shape index (κ3) is 2.72. The number of benzene rings is 1. The van der Waals surface area contributed by atoms with Crippen molar-refractivity contribution in [3.63, 3.8) is 0 Å². The molecular formula is C16H18N2O2. The highest BCUT2D eigenvalue weighted by atomic mass is 16.2. The van der Waals surface area contributed by atoms with Gasteiger partial charge in [-0.1, -0.05) is 23.8 Å². The highest BCUT2D eigenvalue weighted by Crippen LogP contribution is 2.19. The molecule has 4 nitrogen and oxygen atoms in total. The van der Waals surface area contributed by atoms with E-state index in [9.17, 15) is 14.9 Å². The van der Waals surface area contributed by atoms with Crippen molar-refractivity contribution in [2.75, 3.05) is 13.1 Å². The second-order valence-corrected chi connectivity index (χ2v) is 5.28. The van der Waals surface area contributed by atoms with E-state index >= 15 is 0 Å². The van der Waals surface area contributed by atoms with Gasteiger partial charge in [0.15, 0.2) is 11.7 Å². The van der Waals surface area contributed by atoms with Gasteiger partial charge in [-0.3, -0.25) is 9.59 Å². The van der Waals surface area contributed by atoms with Gasteiger partial charge in [0.25, 0.3) is 0 Å². The Morgan fingerprint density at radius 3 is 2.45 bits per heavy atom. The van der Waals surface area contributed by atoms with Gasteiger partial charge in [-0.2, -0.15) is 5.26 Å². The van der Waals surface area contributed by atoms with Crippen LogP contribution < -0.4 is 0 Å². The summed E-state index contributed by atoms with van der Waals surface area (Å²) >= 11 is 0. The largest absolute Gasteiger partial charge is 0.341 e. The SMILES string of the molecule is Cc1ccc(C(=O)[C@@H](C#N)C(=O)N2CCCC2)c(C)c1. The minimum atomic E-state index is -1.21. The van der Waals surface area contributed by atoms with E-state index in [1.165, 1.54) is 0 Å². The Kier molecular flexibility index (Phi) is 4.19. The molecule has 0 unspecified atom stereocenters. The molecule has 1 saturated heterocycles. The Labute approximate surface area is 119 Å². The third-order valence-electron chi connectivity index (χ3n) is 3.70.